The molecule has 5 heteroatoms. The molecule has 70 valence electrons. The lowest BCUT2D eigenvalue weighted by molar-refractivity contribution is 0.108. The molecular formula is C8H4ClF3O. The summed E-state index contributed by atoms with van der Waals surface area (Å²) in [5, 5.41) is -0.957. The van der Waals surface area contributed by atoms with E-state index in [1.54, 1.807) is 0 Å². The first-order chi connectivity index (χ1) is 6.00. The molecule has 0 radical (unpaired) electrons. The predicted octanol–water partition coefficient (Wildman–Crippen LogP) is 3.14. The number of carbonyl (C=O) groups excluding carboxylic acids is 1. The standard InChI is InChI=1S/C8H4ClF3O/c9-7(13)4-1-5(8(11)12)3-6(10)2-4/h1-3,8H. The van der Waals surface area contributed by atoms with E-state index in [0.29, 0.717) is 6.07 Å². The Kier molecular flexibility index (Phi) is 2.93. The largest absolute Gasteiger partial charge is 0.276 e. The highest BCUT2D eigenvalue weighted by molar-refractivity contribution is 6.67. The minimum absolute atomic E-state index is 0.267. The Morgan fingerprint density at radius 3 is 2.38 bits per heavy atom. The maximum absolute atomic E-state index is 12.6. The van der Waals surface area contributed by atoms with E-state index in [9.17, 15) is 18.0 Å². The highest BCUT2D eigenvalue weighted by Crippen LogP contribution is 2.21. The van der Waals surface area contributed by atoms with Crippen LogP contribution in [0.25, 0.3) is 0 Å². The van der Waals surface area contributed by atoms with E-state index in [4.69, 9.17) is 11.6 Å². The second-order valence-corrected chi connectivity index (χ2v) is 2.69. The summed E-state index contributed by atoms with van der Waals surface area (Å²) >= 11 is 5.00. The van der Waals surface area contributed by atoms with Gasteiger partial charge >= 0.3 is 0 Å². The summed E-state index contributed by atoms with van der Waals surface area (Å²) in [4.78, 5) is 10.5. The third kappa shape index (κ3) is 2.45. The molecule has 0 bridgehead atoms. The maximum atomic E-state index is 12.6. The second kappa shape index (κ2) is 3.79. The molecule has 13 heavy (non-hydrogen) atoms. The van der Waals surface area contributed by atoms with Gasteiger partial charge in [-0.2, -0.15) is 0 Å². The van der Waals surface area contributed by atoms with E-state index in [1.807, 2.05) is 0 Å². The SMILES string of the molecule is O=C(Cl)c1cc(F)cc(C(F)F)c1. The van der Waals surface area contributed by atoms with Crippen molar-refractivity contribution in [2.75, 3.05) is 0 Å². The number of benzene rings is 1. The molecule has 1 aromatic carbocycles. The van der Waals surface area contributed by atoms with Gasteiger partial charge in [-0.3, -0.25) is 4.79 Å². The molecule has 0 spiro atoms. The van der Waals surface area contributed by atoms with E-state index >= 15 is 0 Å². The van der Waals surface area contributed by atoms with Gasteiger partial charge < -0.3 is 0 Å². The zero-order valence-electron chi connectivity index (χ0n) is 6.23. The van der Waals surface area contributed by atoms with Gasteiger partial charge in [-0.15, -0.1) is 0 Å². The zero-order valence-corrected chi connectivity index (χ0v) is 6.99. The highest BCUT2D eigenvalue weighted by Gasteiger charge is 2.12. The minimum Gasteiger partial charge on any atom is -0.276 e. The van der Waals surface area contributed by atoms with Crippen molar-refractivity contribution in [3.8, 4) is 0 Å². The van der Waals surface area contributed by atoms with E-state index in [0.717, 1.165) is 12.1 Å². The Morgan fingerprint density at radius 2 is 1.92 bits per heavy atom. The van der Waals surface area contributed by atoms with Crippen molar-refractivity contribution < 1.29 is 18.0 Å². The van der Waals surface area contributed by atoms with Crippen molar-refractivity contribution in [3.63, 3.8) is 0 Å². The Morgan fingerprint density at radius 1 is 1.31 bits per heavy atom. The molecule has 0 aromatic heterocycles. The molecule has 0 heterocycles. The van der Waals surface area contributed by atoms with Crippen LogP contribution in [0.4, 0.5) is 13.2 Å². The Balaban J connectivity index is 3.19. The molecule has 0 saturated heterocycles. The van der Waals surface area contributed by atoms with Gasteiger partial charge in [0.15, 0.2) is 0 Å². The van der Waals surface area contributed by atoms with Crippen LogP contribution < -0.4 is 0 Å². The van der Waals surface area contributed by atoms with Crippen molar-refractivity contribution >= 4 is 16.8 Å². The van der Waals surface area contributed by atoms with Gasteiger partial charge in [-0.25, -0.2) is 13.2 Å². The number of hydrogen-bond donors (Lipinski definition) is 0. The molecule has 0 N–H and O–H groups in total. The monoisotopic (exact) mass is 208 g/mol. The second-order valence-electron chi connectivity index (χ2n) is 2.35. The van der Waals surface area contributed by atoms with E-state index < -0.39 is 23.0 Å². The van der Waals surface area contributed by atoms with E-state index in [1.165, 1.54) is 0 Å². The summed E-state index contributed by atoms with van der Waals surface area (Å²) in [7, 11) is 0. The van der Waals surface area contributed by atoms with Gasteiger partial charge in [0.2, 0.25) is 0 Å². The van der Waals surface area contributed by atoms with Crippen molar-refractivity contribution in [2.45, 2.75) is 6.43 Å². The topological polar surface area (TPSA) is 17.1 Å². The molecule has 0 atom stereocenters. The van der Waals surface area contributed by atoms with Crippen molar-refractivity contribution in [1.29, 1.82) is 0 Å². The van der Waals surface area contributed by atoms with Gasteiger partial charge in [0.1, 0.15) is 5.82 Å². The predicted molar refractivity (Wildman–Crippen MR) is 41.5 cm³/mol. The smallest absolute Gasteiger partial charge is 0.263 e. The van der Waals surface area contributed by atoms with Gasteiger partial charge in [0.25, 0.3) is 11.7 Å². The Hall–Kier alpha value is -1.03. The van der Waals surface area contributed by atoms with Crippen LogP contribution >= 0.6 is 11.6 Å². The normalized spacial score (nSPS) is 10.5. The van der Waals surface area contributed by atoms with Crippen molar-refractivity contribution in [2.24, 2.45) is 0 Å². The van der Waals surface area contributed by atoms with Gasteiger partial charge in [-0.05, 0) is 29.8 Å². The first-order valence-electron chi connectivity index (χ1n) is 3.29. The van der Waals surface area contributed by atoms with E-state index in [2.05, 4.69) is 0 Å². The van der Waals surface area contributed by atoms with Gasteiger partial charge in [0.05, 0.1) is 0 Å². The maximum Gasteiger partial charge on any atom is 0.263 e. The molecule has 0 saturated carbocycles. The number of rotatable bonds is 2. The quantitative estimate of drug-likeness (QED) is 0.683. The first-order valence-corrected chi connectivity index (χ1v) is 3.67. The average molecular weight is 209 g/mol. The number of halogens is 4. The molecule has 0 fully saturated rings. The summed E-state index contributed by atoms with van der Waals surface area (Å²) in [6.07, 6.45) is -2.81. The summed E-state index contributed by atoms with van der Waals surface area (Å²) in [6.45, 7) is 0. The van der Waals surface area contributed by atoms with Crippen LogP contribution in [-0.4, -0.2) is 5.24 Å². The Bertz CT molecular complexity index is 338. The fourth-order valence-electron chi connectivity index (χ4n) is 0.852. The third-order valence-corrected chi connectivity index (χ3v) is 1.62. The average Bonchev–Trinajstić information content (AvgIpc) is 2.03. The van der Waals surface area contributed by atoms with Crippen LogP contribution in [0.2, 0.25) is 0 Å². The summed E-state index contributed by atoms with van der Waals surface area (Å²) in [5.41, 5.74) is -0.819. The molecule has 0 unspecified atom stereocenters. The fourth-order valence-corrected chi connectivity index (χ4v) is 0.961. The number of hydrogen-bond acceptors (Lipinski definition) is 1. The number of alkyl halides is 2. The summed E-state index contributed by atoms with van der Waals surface area (Å²) in [6, 6.07) is 2.33. The lowest BCUT2D eigenvalue weighted by atomic mass is 10.1. The van der Waals surface area contributed by atoms with Crippen LogP contribution in [-0.2, 0) is 0 Å². The zero-order chi connectivity index (χ0) is 10.0. The first kappa shape index (κ1) is 10.1. The molecule has 0 aliphatic carbocycles. The molecule has 0 amide bonds. The van der Waals surface area contributed by atoms with Crippen LogP contribution in [0.5, 0.6) is 0 Å². The molecular weight excluding hydrogens is 205 g/mol. The van der Waals surface area contributed by atoms with Crippen LogP contribution in [0.1, 0.15) is 22.3 Å². The van der Waals surface area contributed by atoms with Crippen LogP contribution in [0.3, 0.4) is 0 Å². The fraction of sp³-hybridized carbons (Fsp3) is 0.125. The van der Waals surface area contributed by atoms with Gasteiger partial charge in [-0.1, -0.05) is 0 Å². The lowest BCUT2D eigenvalue weighted by Crippen LogP contribution is -1.94. The van der Waals surface area contributed by atoms with Crippen LogP contribution in [0, 0.1) is 5.82 Å². The third-order valence-electron chi connectivity index (χ3n) is 1.40. The minimum atomic E-state index is -2.81. The highest BCUT2D eigenvalue weighted by atomic mass is 35.5. The van der Waals surface area contributed by atoms with E-state index in [-0.39, 0.29) is 5.56 Å². The molecule has 1 rings (SSSR count). The number of carbonyl (C=O) groups is 1. The summed E-state index contributed by atoms with van der Waals surface area (Å²) < 4.78 is 36.7. The van der Waals surface area contributed by atoms with Crippen molar-refractivity contribution in [1.82, 2.24) is 0 Å². The van der Waals surface area contributed by atoms with Gasteiger partial charge in [0, 0.05) is 11.1 Å². The molecule has 1 aromatic rings. The molecule has 1 nitrogen and oxygen atoms in total. The Labute approximate surface area is 77.1 Å². The lowest BCUT2D eigenvalue weighted by Gasteiger charge is -2.01. The van der Waals surface area contributed by atoms with Crippen molar-refractivity contribution in [3.05, 3.63) is 35.1 Å². The molecule has 0 aliphatic rings. The van der Waals surface area contributed by atoms with Crippen LogP contribution in [0.15, 0.2) is 18.2 Å². The summed E-state index contributed by atoms with van der Waals surface area (Å²) in [5.74, 6) is -0.901. The molecule has 0 aliphatic heterocycles.